The standard InChI is InChI=1S/C10H14N2O2/c1-2-9(7-13)12-10(14)8-3-5-11-6-4-8/h3-6,9,13H,2,7H2,1H3,(H,12,14)/t9-/m0/s1. The predicted molar refractivity (Wildman–Crippen MR) is 52.9 cm³/mol. The molecule has 1 aromatic heterocycles. The highest BCUT2D eigenvalue weighted by Crippen LogP contribution is 1.98. The molecule has 0 aliphatic carbocycles. The molecule has 14 heavy (non-hydrogen) atoms. The molecule has 1 atom stereocenters. The number of carbonyl (C=O) groups is 1. The first-order chi connectivity index (χ1) is 6.77. The zero-order chi connectivity index (χ0) is 10.4. The van der Waals surface area contributed by atoms with Crippen LogP contribution >= 0.6 is 0 Å². The van der Waals surface area contributed by atoms with Gasteiger partial charge in [-0.2, -0.15) is 0 Å². The second-order valence-electron chi connectivity index (χ2n) is 3.00. The lowest BCUT2D eigenvalue weighted by atomic mass is 10.2. The molecule has 0 aromatic carbocycles. The smallest absolute Gasteiger partial charge is 0.251 e. The lowest BCUT2D eigenvalue weighted by Crippen LogP contribution is -2.36. The molecule has 4 heteroatoms. The molecule has 0 aliphatic heterocycles. The maximum Gasteiger partial charge on any atom is 0.251 e. The molecule has 1 heterocycles. The van der Waals surface area contributed by atoms with E-state index >= 15 is 0 Å². The average Bonchev–Trinajstić information content (AvgIpc) is 2.26. The quantitative estimate of drug-likeness (QED) is 0.737. The third kappa shape index (κ3) is 2.81. The highest BCUT2D eigenvalue weighted by Gasteiger charge is 2.10. The summed E-state index contributed by atoms with van der Waals surface area (Å²) in [7, 11) is 0. The first-order valence-electron chi connectivity index (χ1n) is 4.59. The largest absolute Gasteiger partial charge is 0.394 e. The summed E-state index contributed by atoms with van der Waals surface area (Å²) in [5.41, 5.74) is 0.562. The Labute approximate surface area is 83.0 Å². The Kier molecular flexibility index (Phi) is 4.07. The van der Waals surface area contributed by atoms with E-state index in [1.807, 2.05) is 6.92 Å². The van der Waals surface area contributed by atoms with E-state index in [-0.39, 0.29) is 18.6 Å². The van der Waals surface area contributed by atoms with Gasteiger partial charge in [0.15, 0.2) is 0 Å². The third-order valence-corrected chi connectivity index (χ3v) is 1.99. The van der Waals surface area contributed by atoms with Crippen LogP contribution in [0, 0.1) is 0 Å². The normalized spacial score (nSPS) is 12.1. The van der Waals surface area contributed by atoms with E-state index in [1.165, 1.54) is 0 Å². The molecule has 0 bridgehead atoms. The summed E-state index contributed by atoms with van der Waals surface area (Å²) in [6, 6.07) is 3.11. The number of hydrogen-bond donors (Lipinski definition) is 2. The first kappa shape index (κ1) is 10.7. The van der Waals surface area contributed by atoms with Gasteiger partial charge in [0.05, 0.1) is 12.6 Å². The van der Waals surface area contributed by atoms with Crippen molar-refractivity contribution in [1.29, 1.82) is 0 Å². The molecule has 0 saturated heterocycles. The fourth-order valence-corrected chi connectivity index (χ4v) is 1.05. The van der Waals surface area contributed by atoms with Crippen LogP contribution in [-0.2, 0) is 0 Å². The number of aliphatic hydroxyl groups excluding tert-OH is 1. The summed E-state index contributed by atoms with van der Waals surface area (Å²) in [6.07, 6.45) is 3.84. The van der Waals surface area contributed by atoms with Crippen molar-refractivity contribution in [1.82, 2.24) is 10.3 Å². The summed E-state index contributed by atoms with van der Waals surface area (Å²) in [4.78, 5) is 15.3. The molecule has 4 nitrogen and oxygen atoms in total. The Hall–Kier alpha value is -1.42. The van der Waals surface area contributed by atoms with E-state index in [1.54, 1.807) is 24.5 Å². The van der Waals surface area contributed by atoms with Gasteiger partial charge in [0, 0.05) is 18.0 Å². The van der Waals surface area contributed by atoms with Crippen molar-refractivity contribution >= 4 is 5.91 Å². The second-order valence-corrected chi connectivity index (χ2v) is 3.00. The Morgan fingerprint density at radius 1 is 1.57 bits per heavy atom. The number of nitrogens with one attached hydrogen (secondary N) is 1. The van der Waals surface area contributed by atoms with Gasteiger partial charge in [-0.1, -0.05) is 6.92 Å². The number of aromatic nitrogens is 1. The maximum absolute atomic E-state index is 11.5. The van der Waals surface area contributed by atoms with E-state index in [0.29, 0.717) is 12.0 Å². The van der Waals surface area contributed by atoms with E-state index in [4.69, 9.17) is 5.11 Å². The molecule has 0 fully saturated rings. The van der Waals surface area contributed by atoms with Gasteiger partial charge in [-0.05, 0) is 18.6 Å². The fourth-order valence-electron chi connectivity index (χ4n) is 1.05. The fraction of sp³-hybridized carbons (Fsp3) is 0.400. The summed E-state index contributed by atoms with van der Waals surface area (Å²) in [5, 5.41) is 11.6. The van der Waals surface area contributed by atoms with Gasteiger partial charge in [0.2, 0.25) is 0 Å². The molecular weight excluding hydrogens is 180 g/mol. The Morgan fingerprint density at radius 2 is 2.21 bits per heavy atom. The van der Waals surface area contributed by atoms with E-state index in [9.17, 15) is 4.79 Å². The highest BCUT2D eigenvalue weighted by molar-refractivity contribution is 5.94. The highest BCUT2D eigenvalue weighted by atomic mass is 16.3. The number of nitrogens with zero attached hydrogens (tertiary/aromatic N) is 1. The first-order valence-corrected chi connectivity index (χ1v) is 4.59. The van der Waals surface area contributed by atoms with Crippen LogP contribution in [0.15, 0.2) is 24.5 Å². The molecule has 1 amide bonds. The van der Waals surface area contributed by atoms with Crippen LogP contribution in [0.4, 0.5) is 0 Å². The number of pyridine rings is 1. The molecule has 0 saturated carbocycles. The average molecular weight is 194 g/mol. The number of aliphatic hydroxyl groups is 1. The Balaban J connectivity index is 2.59. The monoisotopic (exact) mass is 194 g/mol. The second kappa shape index (κ2) is 5.34. The topological polar surface area (TPSA) is 62.2 Å². The van der Waals surface area contributed by atoms with E-state index < -0.39 is 0 Å². The SMILES string of the molecule is CC[C@@H](CO)NC(=O)c1ccncc1. The van der Waals surface area contributed by atoms with Crippen molar-refractivity contribution < 1.29 is 9.90 Å². The molecule has 0 radical (unpaired) electrons. The molecule has 0 spiro atoms. The molecule has 2 N–H and O–H groups in total. The van der Waals surface area contributed by atoms with Gasteiger partial charge in [-0.3, -0.25) is 9.78 Å². The molecular formula is C10H14N2O2. The van der Waals surface area contributed by atoms with E-state index in [2.05, 4.69) is 10.3 Å². The van der Waals surface area contributed by atoms with Gasteiger partial charge in [0.25, 0.3) is 5.91 Å². The van der Waals surface area contributed by atoms with Crippen molar-refractivity contribution in [2.75, 3.05) is 6.61 Å². The molecule has 1 aromatic rings. The van der Waals surface area contributed by atoms with Crippen LogP contribution in [-0.4, -0.2) is 28.6 Å². The van der Waals surface area contributed by atoms with Gasteiger partial charge in [-0.15, -0.1) is 0 Å². The number of rotatable bonds is 4. The minimum Gasteiger partial charge on any atom is -0.394 e. The lowest BCUT2D eigenvalue weighted by molar-refractivity contribution is 0.0915. The van der Waals surface area contributed by atoms with Crippen LogP contribution in [0.2, 0.25) is 0 Å². The van der Waals surface area contributed by atoms with Crippen molar-refractivity contribution in [3.8, 4) is 0 Å². The van der Waals surface area contributed by atoms with Crippen molar-refractivity contribution in [2.45, 2.75) is 19.4 Å². The molecule has 76 valence electrons. The molecule has 0 unspecified atom stereocenters. The minimum atomic E-state index is -0.173. The van der Waals surface area contributed by atoms with Gasteiger partial charge < -0.3 is 10.4 Å². The van der Waals surface area contributed by atoms with Gasteiger partial charge in [-0.25, -0.2) is 0 Å². The zero-order valence-electron chi connectivity index (χ0n) is 8.10. The van der Waals surface area contributed by atoms with Crippen LogP contribution < -0.4 is 5.32 Å². The number of amides is 1. The number of carbonyl (C=O) groups excluding carboxylic acids is 1. The van der Waals surface area contributed by atoms with Crippen LogP contribution in [0.25, 0.3) is 0 Å². The van der Waals surface area contributed by atoms with Gasteiger partial charge in [0.1, 0.15) is 0 Å². The summed E-state index contributed by atoms with van der Waals surface area (Å²) < 4.78 is 0. The van der Waals surface area contributed by atoms with E-state index in [0.717, 1.165) is 0 Å². The van der Waals surface area contributed by atoms with Crippen LogP contribution in [0.1, 0.15) is 23.7 Å². The molecule has 1 rings (SSSR count). The van der Waals surface area contributed by atoms with Gasteiger partial charge >= 0.3 is 0 Å². The van der Waals surface area contributed by atoms with Crippen LogP contribution in [0.5, 0.6) is 0 Å². The maximum atomic E-state index is 11.5. The summed E-state index contributed by atoms with van der Waals surface area (Å²) in [6.45, 7) is 1.88. The Morgan fingerprint density at radius 3 is 2.71 bits per heavy atom. The Bertz CT molecular complexity index is 283. The lowest BCUT2D eigenvalue weighted by Gasteiger charge is -2.13. The third-order valence-electron chi connectivity index (χ3n) is 1.99. The minimum absolute atomic E-state index is 0.0344. The zero-order valence-corrected chi connectivity index (χ0v) is 8.10. The summed E-state index contributed by atoms with van der Waals surface area (Å²) >= 11 is 0. The van der Waals surface area contributed by atoms with Crippen molar-refractivity contribution in [3.63, 3.8) is 0 Å². The molecule has 0 aliphatic rings. The van der Waals surface area contributed by atoms with Crippen LogP contribution in [0.3, 0.4) is 0 Å². The van der Waals surface area contributed by atoms with Crippen molar-refractivity contribution in [3.05, 3.63) is 30.1 Å². The summed E-state index contributed by atoms with van der Waals surface area (Å²) in [5.74, 6) is -0.173. The van der Waals surface area contributed by atoms with Crippen molar-refractivity contribution in [2.24, 2.45) is 0 Å². The predicted octanol–water partition coefficient (Wildman–Crippen LogP) is 0.582. The number of hydrogen-bond acceptors (Lipinski definition) is 3.